The summed E-state index contributed by atoms with van der Waals surface area (Å²) >= 11 is 0. The molecule has 0 saturated heterocycles. The molecule has 1 aromatic rings. The molecule has 1 atom stereocenters. The van der Waals surface area contributed by atoms with Crippen LogP contribution in [0.15, 0.2) is 24.3 Å². The summed E-state index contributed by atoms with van der Waals surface area (Å²) in [6, 6.07) is 7.73. The van der Waals surface area contributed by atoms with Crippen molar-refractivity contribution in [2.45, 2.75) is 51.2 Å². The molecule has 1 aromatic carbocycles. The first-order chi connectivity index (χ1) is 9.74. The molecule has 1 saturated carbocycles. The van der Waals surface area contributed by atoms with E-state index in [0.717, 1.165) is 12.8 Å². The highest BCUT2D eigenvalue weighted by Gasteiger charge is 2.24. The summed E-state index contributed by atoms with van der Waals surface area (Å²) in [5.74, 6) is 1.24. The van der Waals surface area contributed by atoms with Crippen molar-refractivity contribution in [2.24, 2.45) is 0 Å². The van der Waals surface area contributed by atoms with Crippen LogP contribution in [-0.4, -0.2) is 25.2 Å². The summed E-state index contributed by atoms with van der Waals surface area (Å²) in [5.41, 5.74) is 0. The number of amides is 1. The molecule has 4 heteroatoms. The SMILES string of the molecule is CCC(Oc1ccccc1OC)C(=O)NC1CCCC1. The van der Waals surface area contributed by atoms with E-state index >= 15 is 0 Å². The van der Waals surface area contributed by atoms with Gasteiger partial charge in [-0.1, -0.05) is 31.9 Å². The molecule has 0 spiro atoms. The van der Waals surface area contributed by atoms with E-state index < -0.39 is 6.10 Å². The number of nitrogens with one attached hydrogen (secondary N) is 1. The van der Waals surface area contributed by atoms with Crippen molar-refractivity contribution in [3.63, 3.8) is 0 Å². The molecular formula is C16H23NO3. The smallest absolute Gasteiger partial charge is 0.261 e. The fraction of sp³-hybridized carbons (Fsp3) is 0.562. The summed E-state index contributed by atoms with van der Waals surface area (Å²) in [4.78, 5) is 12.3. The Hall–Kier alpha value is -1.71. The van der Waals surface area contributed by atoms with Gasteiger partial charge in [0.1, 0.15) is 0 Å². The second-order valence-electron chi connectivity index (χ2n) is 5.16. The number of methoxy groups -OCH3 is 1. The first-order valence-electron chi connectivity index (χ1n) is 7.34. The van der Waals surface area contributed by atoms with Gasteiger partial charge in [0.05, 0.1) is 7.11 Å². The standard InChI is InChI=1S/C16H23NO3/c1-3-13(16(18)17-12-8-4-5-9-12)20-15-11-7-6-10-14(15)19-2/h6-7,10-13H,3-5,8-9H2,1-2H3,(H,17,18). The normalized spacial score (nSPS) is 16.7. The van der Waals surface area contributed by atoms with Crippen molar-refractivity contribution in [3.05, 3.63) is 24.3 Å². The lowest BCUT2D eigenvalue weighted by molar-refractivity contribution is -0.128. The van der Waals surface area contributed by atoms with Crippen molar-refractivity contribution in [3.8, 4) is 11.5 Å². The zero-order valence-corrected chi connectivity index (χ0v) is 12.2. The predicted molar refractivity (Wildman–Crippen MR) is 78.1 cm³/mol. The van der Waals surface area contributed by atoms with Gasteiger partial charge < -0.3 is 14.8 Å². The van der Waals surface area contributed by atoms with Crippen LogP contribution < -0.4 is 14.8 Å². The number of ether oxygens (including phenoxy) is 2. The number of para-hydroxylation sites is 2. The maximum atomic E-state index is 12.3. The number of hydrogen-bond donors (Lipinski definition) is 1. The van der Waals surface area contributed by atoms with Gasteiger partial charge in [0.25, 0.3) is 5.91 Å². The van der Waals surface area contributed by atoms with Gasteiger partial charge in [-0.15, -0.1) is 0 Å². The molecule has 1 amide bonds. The summed E-state index contributed by atoms with van der Waals surface area (Å²) in [5, 5.41) is 3.08. The van der Waals surface area contributed by atoms with Gasteiger partial charge in [-0.05, 0) is 31.4 Å². The maximum Gasteiger partial charge on any atom is 0.261 e. The Balaban J connectivity index is 1.98. The van der Waals surface area contributed by atoms with Crippen LogP contribution in [0, 0.1) is 0 Å². The third-order valence-corrected chi connectivity index (χ3v) is 3.70. The minimum atomic E-state index is -0.466. The molecule has 110 valence electrons. The van der Waals surface area contributed by atoms with E-state index in [1.54, 1.807) is 7.11 Å². The van der Waals surface area contributed by atoms with E-state index in [1.165, 1.54) is 12.8 Å². The minimum Gasteiger partial charge on any atom is -0.493 e. The van der Waals surface area contributed by atoms with Gasteiger partial charge in [0.15, 0.2) is 17.6 Å². The fourth-order valence-electron chi connectivity index (χ4n) is 2.56. The molecular weight excluding hydrogens is 254 g/mol. The first-order valence-corrected chi connectivity index (χ1v) is 7.34. The van der Waals surface area contributed by atoms with E-state index in [2.05, 4.69) is 5.32 Å². The van der Waals surface area contributed by atoms with Gasteiger partial charge >= 0.3 is 0 Å². The lowest BCUT2D eigenvalue weighted by Crippen LogP contribution is -2.42. The first kappa shape index (κ1) is 14.7. The Kier molecular flexibility index (Phi) is 5.27. The fourth-order valence-corrected chi connectivity index (χ4v) is 2.56. The van der Waals surface area contributed by atoms with E-state index in [9.17, 15) is 4.79 Å². The van der Waals surface area contributed by atoms with Crippen molar-refractivity contribution in [1.82, 2.24) is 5.32 Å². The molecule has 0 radical (unpaired) electrons. The Bertz CT molecular complexity index is 441. The van der Waals surface area contributed by atoms with Gasteiger partial charge in [0.2, 0.25) is 0 Å². The molecule has 4 nitrogen and oxygen atoms in total. The molecule has 2 rings (SSSR count). The van der Waals surface area contributed by atoms with Gasteiger partial charge in [-0.25, -0.2) is 0 Å². The second-order valence-corrected chi connectivity index (χ2v) is 5.16. The average Bonchev–Trinajstić information content (AvgIpc) is 2.97. The van der Waals surface area contributed by atoms with Crippen LogP contribution in [0.5, 0.6) is 11.5 Å². The number of hydrogen-bond acceptors (Lipinski definition) is 3. The molecule has 0 bridgehead atoms. The predicted octanol–water partition coefficient (Wildman–Crippen LogP) is 2.91. The molecule has 1 fully saturated rings. The molecule has 1 aliphatic rings. The molecule has 1 N–H and O–H groups in total. The van der Waals surface area contributed by atoms with E-state index in [4.69, 9.17) is 9.47 Å². The monoisotopic (exact) mass is 277 g/mol. The highest BCUT2D eigenvalue weighted by molar-refractivity contribution is 5.81. The third kappa shape index (κ3) is 3.65. The van der Waals surface area contributed by atoms with E-state index in [-0.39, 0.29) is 5.91 Å². The van der Waals surface area contributed by atoms with Gasteiger partial charge in [-0.2, -0.15) is 0 Å². The zero-order valence-electron chi connectivity index (χ0n) is 12.2. The highest BCUT2D eigenvalue weighted by Crippen LogP contribution is 2.27. The summed E-state index contributed by atoms with van der Waals surface area (Å²) in [7, 11) is 1.60. The van der Waals surface area contributed by atoms with Crippen molar-refractivity contribution in [2.75, 3.05) is 7.11 Å². The van der Waals surface area contributed by atoms with Crippen molar-refractivity contribution in [1.29, 1.82) is 0 Å². The minimum absolute atomic E-state index is 0.0229. The Morgan fingerprint density at radius 1 is 1.30 bits per heavy atom. The molecule has 0 aliphatic heterocycles. The summed E-state index contributed by atoms with van der Waals surface area (Å²) in [6.45, 7) is 1.95. The molecule has 1 unspecified atom stereocenters. The summed E-state index contributed by atoms with van der Waals surface area (Å²) in [6.07, 6.45) is 4.74. The number of carbonyl (C=O) groups is 1. The second kappa shape index (κ2) is 7.17. The molecule has 0 aromatic heterocycles. The topological polar surface area (TPSA) is 47.6 Å². The largest absolute Gasteiger partial charge is 0.493 e. The van der Waals surface area contributed by atoms with Crippen LogP contribution in [0.1, 0.15) is 39.0 Å². The lowest BCUT2D eigenvalue weighted by Gasteiger charge is -2.21. The quantitative estimate of drug-likeness (QED) is 0.869. The van der Waals surface area contributed by atoms with Crippen molar-refractivity contribution >= 4 is 5.91 Å². The van der Waals surface area contributed by atoms with Crippen LogP contribution in [0.2, 0.25) is 0 Å². The molecule has 20 heavy (non-hydrogen) atoms. The van der Waals surface area contributed by atoms with Crippen LogP contribution in [0.25, 0.3) is 0 Å². The molecule has 1 aliphatic carbocycles. The number of rotatable bonds is 6. The zero-order chi connectivity index (χ0) is 14.4. The number of benzene rings is 1. The van der Waals surface area contributed by atoms with Crippen LogP contribution in [-0.2, 0) is 4.79 Å². The average molecular weight is 277 g/mol. The van der Waals surface area contributed by atoms with E-state index in [1.807, 2.05) is 31.2 Å². The summed E-state index contributed by atoms with van der Waals surface area (Å²) < 4.78 is 11.1. The van der Waals surface area contributed by atoms with Crippen LogP contribution in [0.3, 0.4) is 0 Å². The lowest BCUT2D eigenvalue weighted by atomic mass is 10.2. The van der Waals surface area contributed by atoms with E-state index in [0.29, 0.717) is 24.0 Å². The highest BCUT2D eigenvalue weighted by atomic mass is 16.5. The number of carbonyl (C=O) groups excluding carboxylic acids is 1. The third-order valence-electron chi connectivity index (χ3n) is 3.70. The Morgan fingerprint density at radius 3 is 2.55 bits per heavy atom. The molecule has 0 heterocycles. The van der Waals surface area contributed by atoms with Crippen LogP contribution >= 0.6 is 0 Å². The Morgan fingerprint density at radius 2 is 1.95 bits per heavy atom. The maximum absolute atomic E-state index is 12.3. The van der Waals surface area contributed by atoms with Gasteiger partial charge in [-0.3, -0.25) is 4.79 Å². The van der Waals surface area contributed by atoms with Crippen LogP contribution in [0.4, 0.5) is 0 Å². The van der Waals surface area contributed by atoms with Crippen molar-refractivity contribution < 1.29 is 14.3 Å². The van der Waals surface area contributed by atoms with Gasteiger partial charge in [0, 0.05) is 6.04 Å². The Labute approximate surface area is 120 Å².